The van der Waals surface area contributed by atoms with E-state index in [9.17, 15) is 0 Å². The summed E-state index contributed by atoms with van der Waals surface area (Å²) in [6.45, 7) is 3.14. The van der Waals surface area contributed by atoms with Gasteiger partial charge in [0.15, 0.2) is 0 Å². The molecule has 0 unspecified atom stereocenters. The van der Waals surface area contributed by atoms with Gasteiger partial charge in [-0.3, -0.25) is 0 Å². The van der Waals surface area contributed by atoms with Gasteiger partial charge in [-0.2, -0.15) is 0 Å². The summed E-state index contributed by atoms with van der Waals surface area (Å²) in [5.41, 5.74) is 8.46. The van der Waals surface area contributed by atoms with Crippen LogP contribution in [0, 0.1) is 5.92 Å². The summed E-state index contributed by atoms with van der Waals surface area (Å²) >= 11 is 0. The van der Waals surface area contributed by atoms with Crippen molar-refractivity contribution >= 4 is 5.69 Å². The molecule has 2 N–H and O–H groups in total. The Morgan fingerprint density at radius 1 is 1.37 bits per heavy atom. The molecule has 2 rings (SSSR count). The zero-order valence-electron chi connectivity index (χ0n) is 12.4. The largest absolute Gasteiger partial charge is 0.496 e. The van der Waals surface area contributed by atoms with E-state index in [-0.39, 0.29) is 6.04 Å². The van der Waals surface area contributed by atoms with Crippen LogP contribution in [0.25, 0.3) is 0 Å². The van der Waals surface area contributed by atoms with Crippen molar-refractivity contribution in [1.82, 2.24) is 0 Å². The molecule has 19 heavy (non-hydrogen) atoms. The number of hydrogen-bond acceptors (Lipinski definition) is 3. The fourth-order valence-corrected chi connectivity index (χ4v) is 3.18. The van der Waals surface area contributed by atoms with Gasteiger partial charge in [-0.15, -0.1) is 0 Å². The van der Waals surface area contributed by atoms with Crippen molar-refractivity contribution in [3.8, 4) is 5.75 Å². The van der Waals surface area contributed by atoms with Gasteiger partial charge in [0.25, 0.3) is 0 Å². The molecule has 0 spiro atoms. The van der Waals surface area contributed by atoms with Gasteiger partial charge >= 0.3 is 0 Å². The SMILES string of the molecule is COc1cccc(N(C)CC2CCCC2)c1[C@H](C)N. The van der Waals surface area contributed by atoms with E-state index in [1.165, 1.54) is 31.4 Å². The Bertz CT molecular complexity index is 411. The minimum atomic E-state index is -0.0165. The van der Waals surface area contributed by atoms with E-state index in [1.54, 1.807) is 7.11 Å². The maximum Gasteiger partial charge on any atom is 0.125 e. The van der Waals surface area contributed by atoms with Gasteiger partial charge in [0.1, 0.15) is 5.75 Å². The van der Waals surface area contributed by atoms with Crippen molar-refractivity contribution in [1.29, 1.82) is 0 Å². The molecule has 0 heterocycles. The quantitative estimate of drug-likeness (QED) is 0.884. The monoisotopic (exact) mass is 262 g/mol. The number of ether oxygens (including phenoxy) is 1. The highest BCUT2D eigenvalue weighted by Gasteiger charge is 2.20. The summed E-state index contributed by atoms with van der Waals surface area (Å²) in [5, 5.41) is 0. The third-order valence-electron chi connectivity index (χ3n) is 4.14. The first-order chi connectivity index (χ1) is 9.13. The number of rotatable bonds is 5. The predicted octanol–water partition coefficient (Wildman–Crippen LogP) is 3.34. The zero-order valence-corrected chi connectivity index (χ0v) is 12.4. The van der Waals surface area contributed by atoms with E-state index in [0.717, 1.165) is 23.8 Å². The lowest BCUT2D eigenvalue weighted by atomic mass is 10.0. The van der Waals surface area contributed by atoms with Gasteiger partial charge in [0, 0.05) is 30.9 Å². The van der Waals surface area contributed by atoms with Crippen LogP contribution < -0.4 is 15.4 Å². The third-order valence-corrected chi connectivity index (χ3v) is 4.14. The first-order valence-corrected chi connectivity index (χ1v) is 7.27. The molecule has 0 amide bonds. The first kappa shape index (κ1) is 14.2. The van der Waals surface area contributed by atoms with Crippen molar-refractivity contribution < 1.29 is 4.74 Å². The highest BCUT2D eigenvalue weighted by Crippen LogP contribution is 2.34. The van der Waals surface area contributed by atoms with Gasteiger partial charge in [-0.25, -0.2) is 0 Å². The Balaban J connectivity index is 2.22. The van der Waals surface area contributed by atoms with E-state index >= 15 is 0 Å². The highest BCUT2D eigenvalue weighted by atomic mass is 16.5. The molecule has 1 aliphatic carbocycles. The predicted molar refractivity (Wildman–Crippen MR) is 80.8 cm³/mol. The number of benzene rings is 1. The summed E-state index contributed by atoms with van der Waals surface area (Å²) in [7, 11) is 3.88. The van der Waals surface area contributed by atoms with Crippen molar-refractivity contribution in [2.45, 2.75) is 38.6 Å². The van der Waals surface area contributed by atoms with Gasteiger partial charge in [0.2, 0.25) is 0 Å². The molecule has 1 fully saturated rings. The van der Waals surface area contributed by atoms with Crippen LogP contribution in [-0.4, -0.2) is 20.7 Å². The van der Waals surface area contributed by atoms with Crippen molar-refractivity contribution in [2.24, 2.45) is 11.7 Å². The molecule has 1 aliphatic rings. The van der Waals surface area contributed by atoms with E-state index in [4.69, 9.17) is 10.5 Å². The number of nitrogens with zero attached hydrogens (tertiary/aromatic N) is 1. The second-order valence-corrected chi connectivity index (χ2v) is 5.71. The normalized spacial score (nSPS) is 17.5. The Morgan fingerprint density at radius 3 is 2.63 bits per heavy atom. The number of methoxy groups -OCH3 is 1. The zero-order chi connectivity index (χ0) is 13.8. The lowest BCUT2D eigenvalue weighted by molar-refractivity contribution is 0.406. The maximum absolute atomic E-state index is 6.13. The molecule has 0 radical (unpaired) electrons. The molecule has 0 aromatic heterocycles. The van der Waals surface area contributed by atoms with Crippen LogP contribution in [0.1, 0.15) is 44.2 Å². The summed E-state index contributed by atoms with van der Waals surface area (Å²) in [6.07, 6.45) is 5.50. The topological polar surface area (TPSA) is 38.5 Å². The molecule has 0 aliphatic heterocycles. The van der Waals surface area contributed by atoms with E-state index < -0.39 is 0 Å². The van der Waals surface area contributed by atoms with Crippen molar-refractivity contribution in [2.75, 3.05) is 25.6 Å². The Hall–Kier alpha value is -1.22. The van der Waals surface area contributed by atoms with Crippen LogP contribution in [0.2, 0.25) is 0 Å². The smallest absolute Gasteiger partial charge is 0.125 e. The summed E-state index contributed by atoms with van der Waals surface area (Å²) in [6, 6.07) is 6.17. The summed E-state index contributed by atoms with van der Waals surface area (Å²) in [5.74, 6) is 1.72. The Kier molecular flexibility index (Phi) is 4.70. The lowest BCUT2D eigenvalue weighted by Crippen LogP contribution is -2.26. The number of hydrogen-bond donors (Lipinski definition) is 1. The number of nitrogens with two attached hydrogens (primary N) is 1. The highest BCUT2D eigenvalue weighted by molar-refractivity contribution is 5.60. The minimum absolute atomic E-state index is 0.0165. The van der Waals surface area contributed by atoms with Gasteiger partial charge < -0.3 is 15.4 Å². The van der Waals surface area contributed by atoms with Gasteiger partial charge in [-0.1, -0.05) is 18.9 Å². The molecular weight excluding hydrogens is 236 g/mol. The van der Waals surface area contributed by atoms with Crippen LogP contribution in [-0.2, 0) is 0 Å². The fraction of sp³-hybridized carbons (Fsp3) is 0.625. The summed E-state index contributed by atoms with van der Waals surface area (Å²) in [4.78, 5) is 2.34. The maximum atomic E-state index is 6.13. The summed E-state index contributed by atoms with van der Waals surface area (Å²) < 4.78 is 5.46. The molecule has 1 aromatic carbocycles. The molecule has 1 atom stereocenters. The van der Waals surface area contributed by atoms with Crippen LogP contribution in [0.3, 0.4) is 0 Å². The molecule has 3 heteroatoms. The Labute approximate surface area is 116 Å². The lowest BCUT2D eigenvalue weighted by Gasteiger charge is -2.27. The van der Waals surface area contributed by atoms with Crippen LogP contribution >= 0.6 is 0 Å². The molecule has 0 saturated heterocycles. The van der Waals surface area contributed by atoms with E-state index in [0.29, 0.717) is 0 Å². The molecule has 1 aromatic rings. The van der Waals surface area contributed by atoms with Crippen LogP contribution in [0.15, 0.2) is 18.2 Å². The second-order valence-electron chi connectivity index (χ2n) is 5.71. The van der Waals surface area contributed by atoms with Crippen LogP contribution in [0.5, 0.6) is 5.75 Å². The molecule has 0 bridgehead atoms. The van der Waals surface area contributed by atoms with E-state index in [1.807, 2.05) is 19.1 Å². The molecular formula is C16H26N2O. The van der Waals surface area contributed by atoms with Gasteiger partial charge in [0.05, 0.1) is 7.11 Å². The average molecular weight is 262 g/mol. The molecule has 106 valence electrons. The fourth-order valence-electron chi connectivity index (χ4n) is 3.18. The standard InChI is InChI=1S/C16H26N2O/c1-12(17)16-14(9-6-10-15(16)19-3)18(2)11-13-7-4-5-8-13/h6,9-10,12-13H,4-5,7-8,11,17H2,1-3H3/t12-/m0/s1. The molecule has 3 nitrogen and oxygen atoms in total. The van der Waals surface area contributed by atoms with Crippen molar-refractivity contribution in [3.05, 3.63) is 23.8 Å². The van der Waals surface area contributed by atoms with Crippen LogP contribution in [0.4, 0.5) is 5.69 Å². The first-order valence-electron chi connectivity index (χ1n) is 7.27. The Morgan fingerprint density at radius 2 is 2.05 bits per heavy atom. The van der Waals surface area contributed by atoms with Crippen molar-refractivity contribution in [3.63, 3.8) is 0 Å². The average Bonchev–Trinajstić information content (AvgIpc) is 2.90. The van der Waals surface area contributed by atoms with Gasteiger partial charge in [-0.05, 0) is 37.8 Å². The molecule has 1 saturated carbocycles. The van der Waals surface area contributed by atoms with E-state index in [2.05, 4.69) is 18.0 Å². The number of anilines is 1. The minimum Gasteiger partial charge on any atom is -0.496 e. The second kappa shape index (κ2) is 6.29. The third kappa shape index (κ3) is 3.21.